The summed E-state index contributed by atoms with van der Waals surface area (Å²) in [6.45, 7) is 0.162. The number of carbonyl (C=O) groups is 2. The van der Waals surface area contributed by atoms with Gasteiger partial charge in [-0.3, -0.25) is 4.79 Å². The number of benzene rings is 3. The average Bonchev–Trinajstić information content (AvgIpc) is 3.53. The molecule has 4 rings (SSSR count). The van der Waals surface area contributed by atoms with Crippen molar-refractivity contribution in [2.45, 2.75) is 18.9 Å². The molecule has 1 N–H and O–H groups in total. The number of hydrogen-bond donors (Lipinski definition) is 1. The summed E-state index contributed by atoms with van der Waals surface area (Å²) in [7, 11) is 0. The molecule has 30 heavy (non-hydrogen) atoms. The summed E-state index contributed by atoms with van der Waals surface area (Å²) in [4.78, 5) is 26.0. The third-order valence-electron chi connectivity index (χ3n) is 5.33. The first kappa shape index (κ1) is 19.8. The molecule has 0 bridgehead atoms. The molecular formula is C24H19F2NO3. The number of nitrogens with zero attached hydrogens (tertiary/aromatic N) is 1. The van der Waals surface area contributed by atoms with E-state index in [1.807, 2.05) is 0 Å². The smallest absolute Gasteiger partial charge is 0.335 e. The van der Waals surface area contributed by atoms with E-state index in [0.717, 1.165) is 5.56 Å². The molecular weight excluding hydrogens is 388 g/mol. The summed E-state index contributed by atoms with van der Waals surface area (Å²) >= 11 is 0. The van der Waals surface area contributed by atoms with Gasteiger partial charge in [-0.05, 0) is 72.0 Å². The number of carboxylic acid groups (broad SMARTS) is 1. The van der Waals surface area contributed by atoms with Crippen LogP contribution in [0.15, 0.2) is 72.8 Å². The Hall–Kier alpha value is -3.54. The van der Waals surface area contributed by atoms with Gasteiger partial charge in [0.15, 0.2) is 0 Å². The van der Waals surface area contributed by atoms with Gasteiger partial charge in [-0.25, -0.2) is 13.6 Å². The summed E-state index contributed by atoms with van der Waals surface area (Å²) in [5.74, 6) is -2.15. The maximum atomic E-state index is 13.7. The Morgan fingerprint density at radius 1 is 0.933 bits per heavy atom. The minimum atomic E-state index is -1.05. The summed E-state index contributed by atoms with van der Waals surface area (Å²) in [5.41, 5.74) is 2.19. The maximum absolute atomic E-state index is 13.7. The second kappa shape index (κ2) is 8.06. The second-order valence-electron chi connectivity index (χ2n) is 7.41. The van der Waals surface area contributed by atoms with Gasteiger partial charge in [0.05, 0.1) is 12.1 Å². The van der Waals surface area contributed by atoms with Crippen LogP contribution in [0.3, 0.4) is 0 Å². The number of carboxylic acids is 1. The highest BCUT2D eigenvalue weighted by Crippen LogP contribution is 2.49. The summed E-state index contributed by atoms with van der Waals surface area (Å²) < 4.78 is 26.8. The number of carbonyl (C=O) groups excluding carboxylic acids is 1. The number of anilines is 1. The van der Waals surface area contributed by atoms with Crippen LogP contribution in [0.25, 0.3) is 0 Å². The predicted octanol–water partition coefficient (Wildman–Crippen LogP) is 5.00. The number of hydrogen-bond acceptors (Lipinski definition) is 2. The highest BCUT2D eigenvalue weighted by molar-refractivity contribution is 5.98. The molecule has 6 heteroatoms. The van der Waals surface area contributed by atoms with Crippen LogP contribution >= 0.6 is 0 Å². The minimum Gasteiger partial charge on any atom is -0.478 e. The molecule has 0 aromatic heterocycles. The molecule has 2 atom stereocenters. The molecule has 0 saturated heterocycles. The van der Waals surface area contributed by atoms with Crippen molar-refractivity contribution in [2.24, 2.45) is 5.92 Å². The van der Waals surface area contributed by atoms with Crippen LogP contribution in [0.2, 0.25) is 0 Å². The Labute approximate surface area is 172 Å². The van der Waals surface area contributed by atoms with E-state index < -0.39 is 11.8 Å². The summed E-state index contributed by atoms with van der Waals surface area (Å²) in [6, 6.07) is 18.2. The zero-order chi connectivity index (χ0) is 21.3. The van der Waals surface area contributed by atoms with Gasteiger partial charge < -0.3 is 10.0 Å². The van der Waals surface area contributed by atoms with E-state index in [2.05, 4.69) is 0 Å². The topological polar surface area (TPSA) is 57.6 Å². The van der Waals surface area contributed by atoms with Gasteiger partial charge in [-0.15, -0.1) is 0 Å². The van der Waals surface area contributed by atoms with Crippen LogP contribution in [0.1, 0.15) is 33.8 Å². The van der Waals surface area contributed by atoms with Crippen molar-refractivity contribution in [1.29, 1.82) is 0 Å². The molecule has 0 radical (unpaired) electrons. The van der Waals surface area contributed by atoms with Crippen LogP contribution in [-0.4, -0.2) is 17.0 Å². The van der Waals surface area contributed by atoms with Gasteiger partial charge >= 0.3 is 5.97 Å². The van der Waals surface area contributed by atoms with Crippen molar-refractivity contribution in [2.75, 3.05) is 4.90 Å². The van der Waals surface area contributed by atoms with Crippen molar-refractivity contribution in [3.8, 4) is 0 Å². The fourth-order valence-corrected chi connectivity index (χ4v) is 3.64. The predicted molar refractivity (Wildman–Crippen MR) is 108 cm³/mol. The highest BCUT2D eigenvalue weighted by Gasteiger charge is 2.46. The summed E-state index contributed by atoms with van der Waals surface area (Å²) in [5, 5.41) is 9.12. The highest BCUT2D eigenvalue weighted by atomic mass is 19.1. The van der Waals surface area contributed by atoms with E-state index >= 15 is 0 Å². The molecule has 152 valence electrons. The van der Waals surface area contributed by atoms with E-state index in [1.165, 1.54) is 36.4 Å². The molecule has 0 aliphatic heterocycles. The molecule has 3 aromatic rings. The standard InChI is InChI=1S/C24H19F2NO3/c25-18-8-4-16(5-9-18)21-13-22(21)23(28)27(14-15-2-1-3-19(26)12-15)20-10-6-17(7-11-20)24(29)30/h1-12,21-22H,13-14H2,(H,29,30)/t21-,22?/m0/s1. The lowest BCUT2D eigenvalue weighted by atomic mass is 10.1. The molecule has 1 aliphatic carbocycles. The molecule has 0 spiro atoms. The van der Waals surface area contributed by atoms with E-state index in [1.54, 1.807) is 41.3 Å². The number of rotatable bonds is 6. The Morgan fingerprint density at radius 2 is 1.63 bits per heavy atom. The first-order valence-corrected chi connectivity index (χ1v) is 9.57. The Kier molecular flexibility index (Phi) is 5.31. The quantitative estimate of drug-likeness (QED) is 0.626. The second-order valence-corrected chi connectivity index (χ2v) is 7.41. The first-order valence-electron chi connectivity index (χ1n) is 9.57. The van der Waals surface area contributed by atoms with Gasteiger partial charge in [0.2, 0.25) is 5.91 Å². The Morgan fingerprint density at radius 3 is 2.27 bits per heavy atom. The fourth-order valence-electron chi connectivity index (χ4n) is 3.64. The summed E-state index contributed by atoms with van der Waals surface area (Å²) in [6.07, 6.45) is 0.650. The van der Waals surface area contributed by atoms with E-state index in [0.29, 0.717) is 17.7 Å². The molecule has 1 unspecified atom stereocenters. The fraction of sp³-hybridized carbons (Fsp3) is 0.167. The lowest BCUT2D eigenvalue weighted by molar-refractivity contribution is -0.120. The lowest BCUT2D eigenvalue weighted by Crippen LogP contribution is -2.32. The van der Waals surface area contributed by atoms with Gasteiger partial charge in [-0.2, -0.15) is 0 Å². The lowest BCUT2D eigenvalue weighted by Gasteiger charge is -2.24. The molecule has 1 fully saturated rings. The van der Waals surface area contributed by atoms with Crippen molar-refractivity contribution in [3.05, 3.63) is 101 Å². The number of amides is 1. The first-order chi connectivity index (χ1) is 14.4. The third-order valence-corrected chi connectivity index (χ3v) is 5.33. The Bertz CT molecular complexity index is 1080. The SMILES string of the molecule is O=C(O)c1ccc(N(Cc2cccc(F)c2)C(=O)C2C[C@H]2c2ccc(F)cc2)cc1. The van der Waals surface area contributed by atoms with Crippen LogP contribution in [-0.2, 0) is 11.3 Å². The minimum absolute atomic E-state index is 0.00593. The molecule has 1 saturated carbocycles. The van der Waals surface area contributed by atoms with Crippen molar-refractivity contribution < 1.29 is 23.5 Å². The molecule has 1 amide bonds. The average molecular weight is 407 g/mol. The van der Waals surface area contributed by atoms with Gasteiger partial charge in [0.1, 0.15) is 11.6 Å². The zero-order valence-electron chi connectivity index (χ0n) is 16.0. The zero-order valence-corrected chi connectivity index (χ0v) is 16.0. The molecule has 3 aromatic carbocycles. The van der Waals surface area contributed by atoms with Crippen molar-refractivity contribution in [3.63, 3.8) is 0 Å². The molecule has 0 heterocycles. The van der Waals surface area contributed by atoms with Crippen LogP contribution in [0, 0.1) is 17.6 Å². The van der Waals surface area contributed by atoms with Crippen molar-refractivity contribution in [1.82, 2.24) is 0 Å². The third kappa shape index (κ3) is 4.22. The number of halogens is 2. The van der Waals surface area contributed by atoms with E-state index in [9.17, 15) is 18.4 Å². The number of aromatic carboxylic acids is 1. The van der Waals surface area contributed by atoms with Crippen LogP contribution in [0.5, 0.6) is 0 Å². The van der Waals surface area contributed by atoms with E-state index in [4.69, 9.17) is 5.11 Å². The monoisotopic (exact) mass is 407 g/mol. The van der Waals surface area contributed by atoms with Crippen LogP contribution < -0.4 is 4.90 Å². The van der Waals surface area contributed by atoms with E-state index in [-0.39, 0.29) is 35.7 Å². The normalized spacial score (nSPS) is 17.4. The van der Waals surface area contributed by atoms with Gasteiger partial charge in [0.25, 0.3) is 0 Å². The van der Waals surface area contributed by atoms with Gasteiger partial charge in [0, 0.05) is 11.6 Å². The molecule has 1 aliphatic rings. The Balaban J connectivity index is 1.60. The van der Waals surface area contributed by atoms with Crippen LogP contribution in [0.4, 0.5) is 14.5 Å². The van der Waals surface area contributed by atoms with Gasteiger partial charge in [-0.1, -0.05) is 24.3 Å². The molecule has 4 nitrogen and oxygen atoms in total. The largest absolute Gasteiger partial charge is 0.478 e. The van der Waals surface area contributed by atoms with Crippen molar-refractivity contribution >= 4 is 17.6 Å². The maximum Gasteiger partial charge on any atom is 0.335 e.